The highest BCUT2D eigenvalue weighted by Gasteiger charge is 2.32. The fourth-order valence-corrected chi connectivity index (χ4v) is 3.75. The summed E-state index contributed by atoms with van der Waals surface area (Å²) in [6, 6.07) is 4.69. The molecule has 1 aromatic carbocycles. The Morgan fingerprint density at radius 2 is 2.21 bits per heavy atom. The molecule has 1 saturated heterocycles. The summed E-state index contributed by atoms with van der Waals surface area (Å²) >= 11 is 1.31. The summed E-state index contributed by atoms with van der Waals surface area (Å²) in [6.07, 6.45) is -3.23. The molecule has 1 aromatic heterocycles. The molecule has 1 unspecified atom stereocenters. The SMILES string of the molecule is O=C(NCC(F)(F)F)C1CCCN(c2nc3c(F)cccc3s2)C1. The van der Waals surface area contributed by atoms with E-state index in [0.717, 1.165) is 0 Å². The minimum absolute atomic E-state index is 0.279. The lowest BCUT2D eigenvalue weighted by atomic mass is 9.97. The zero-order valence-corrected chi connectivity index (χ0v) is 13.4. The third-order valence-electron chi connectivity index (χ3n) is 3.88. The van der Waals surface area contributed by atoms with E-state index >= 15 is 0 Å². The fraction of sp³-hybridized carbons (Fsp3) is 0.467. The van der Waals surface area contributed by atoms with Crippen LogP contribution in [0.3, 0.4) is 0 Å². The minimum Gasteiger partial charge on any atom is -0.347 e. The van der Waals surface area contributed by atoms with Crippen LogP contribution in [0, 0.1) is 11.7 Å². The highest BCUT2D eigenvalue weighted by atomic mass is 32.1. The molecule has 1 amide bonds. The predicted molar refractivity (Wildman–Crippen MR) is 83.6 cm³/mol. The van der Waals surface area contributed by atoms with Gasteiger partial charge in [0.1, 0.15) is 17.9 Å². The Hall–Kier alpha value is -1.90. The molecule has 1 fully saturated rings. The molecule has 4 nitrogen and oxygen atoms in total. The summed E-state index contributed by atoms with van der Waals surface area (Å²) in [7, 11) is 0. The van der Waals surface area contributed by atoms with Gasteiger partial charge in [0.25, 0.3) is 0 Å². The van der Waals surface area contributed by atoms with Crippen LogP contribution in [0.2, 0.25) is 0 Å². The third-order valence-corrected chi connectivity index (χ3v) is 4.97. The maximum atomic E-state index is 13.7. The topological polar surface area (TPSA) is 45.2 Å². The standard InChI is InChI=1S/C15H15F4N3OS/c16-10-4-1-5-11-12(10)21-14(24-11)22-6-2-3-9(7-22)13(23)20-8-15(17,18)19/h1,4-5,9H,2-3,6-8H2,(H,20,23). The molecule has 0 radical (unpaired) electrons. The van der Waals surface area contributed by atoms with Crippen molar-refractivity contribution in [1.82, 2.24) is 10.3 Å². The average Bonchev–Trinajstić information content (AvgIpc) is 2.98. The summed E-state index contributed by atoms with van der Waals surface area (Å²) in [5.41, 5.74) is 0.279. The maximum absolute atomic E-state index is 13.7. The maximum Gasteiger partial charge on any atom is 0.405 e. The third kappa shape index (κ3) is 3.77. The van der Waals surface area contributed by atoms with Crippen molar-refractivity contribution < 1.29 is 22.4 Å². The predicted octanol–water partition coefficient (Wildman–Crippen LogP) is 3.33. The van der Waals surface area contributed by atoms with Gasteiger partial charge in [0.2, 0.25) is 5.91 Å². The average molecular weight is 361 g/mol. The lowest BCUT2D eigenvalue weighted by Gasteiger charge is -2.31. The highest BCUT2D eigenvalue weighted by Crippen LogP contribution is 2.32. The van der Waals surface area contributed by atoms with Crippen molar-refractivity contribution in [3.8, 4) is 0 Å². The van der Waals surface area contributed by atoms with Crippen molar-refractivity contribution in [3.63, 3.8) is 0 Å². The van der Waals surface area contributed by atoms with Crippen LogP contribution in [-0.2, 0) is 4.79 Å². The number of aromatic nitrogens is 1. The van der Waals surface area contributed by atoms with Crippen molar-refractivity contribution in [3.05, 3.63) is 24.0 Å². The number of halogens is 4. The lowest BCUT2D eigenvalue weighted by molar-refractivity contribution is -0.140. The lowest BCUT2D eigenvalue weighted by Crippen LogP contribution is -2.45. The van der Waals surface area contributed by atoms with Crippen molar-refractivity contribution in [1.29, 1.82) is 0 Å². The van der Waals surface area contributed by atoms with E-state index in [0.29, 0.717) is 29.2 Å². The molecule has 24 heavy (non-hydrogen) atoms. The Kier molecular flexibility index (Phi) is 4.62. The molecular weight excluding hydrogens is 346 g/mol. The van der Waals surface area contributed by atoms with E-state index in [4.69, 9.17) is 0 Å². The number of hydrogen-bond donors (Lipinski definition) is 1. The Morgan fingerprint density at radius 3 is 2.92 bits per heavy atom. The molecule has 0 aliphatic carbocycles. The molecule has 3 rings (SSSR count). The normalized spacial score (nSPS) is 18.8. The van der Waals surface area contributed by atoms with Gasteiger partial charge in [0, 0.05) is 13.1 Å². The summed E-state index contributed by atoms with van der Waals surface area (Å²) in [5, 5.41) is 2.52. The molecule has 1 aliphatic rings. The quantitative estimate of drug-likeness (QED) is 0.853. The second-order valence-electron chi connectivity index (χ2n) is 5.70. The zero-order chi connectivity index (χ0) is 17.3. The number of hydrogen-bond acceptors (Lipinski definition) is 4. The molecular formula is C15H15F4N3OS. The zero-order valence-electron chi connectivity index (χ0n) is 12.6. The molecule has 0 bridgehead atoms. The van der Waals surface area contributed by atoms with Crippen LogP contribution in [0.25, 0.3) is 10.2 Å². The van der Waals surface area contributed by atoms with Gasteiger partial charge in [-0.05, 0) is 25.0 Å². The second kappa shape index (κ2) is 6.54. The van der Waals surface area contributed by atoms with E-state index in [-0.39, 0.29) is 12.1 Å². The number of nitrogens with one attached hydrogen (secondary N) is 1. The number of carbonyl (C=O) groups excluding carboxylic acids is 1. The number of nitrogens with zero attached hydrogens (tertiary/aromatic N) is 2. The van der Waals surface area contributed by atoms with E-state index in [1.807, 2.05) is 10.2 Å². The number of para-hydroxylation sites is 1. The fourth-order valence-electron chi connectivity index (χ4n) is 2.74. The number of anilines is 1. The first-order valence-electron chi connectivity index (χ1n) is 7.48. The van der Waals surface area contributed by atoms with Gasteiger partial charge in [-0.1, -0.05) is 17.4 Å². The van der Waals surface area contributed by atoms with Crippen LogP contribution in [0.15, 0.2) is 18.2 Å². The van der Waals surface area contributed by atoms with Crippen LogP contribution < -0.4 is 10.2 Å². The molecule has 9 heteroatoms. The van der Waals surface area contributed by atoms with E-state index < -0.39 is 30.4 Å². The van der Waals surface area contributed by atoms with Gasteiger partial charge in [-0.2, -0.15) is 13.2 Å². The van der Waals surface area contributed by atoms with Crippen molar-refractivity contribution in [2.75, 3.05) is 24.5 Å². The molecule has 2 aromatic rings. The number of amides is 1. The van der Waals surface area contributed by atoms with Crippen molar-refractivity contribution in [2.45, 2.75) is 19.0 Å². The first-order valence-corrected chi connectivity index (χ1v) is 8.29. The Labute approximate surface area is 139 Å². The summed E-state index contributed by atoms with van der Waals surface area (Å²) in [4.78, 5) is 18.0. The molecule has 2 heterocycles. The molecule has 1 N–H and O–H groups in total. The van der Waals surface area contributed by atoms with Crippen LogP contribution in [0.1, 0.15) is 12.8 Å². The van der Waals surface area contributed by atoms with Gasteiger partial charge in [0.05, 0.1) is 10.6 Å². The van der Waals surface area contributed by atoms with E-state index in [1.54, 1.807) is 12.1 Å². The number of piperidine rings is 1. The molecule has 1 aliphatic heterocycles. The van der Waals surface area contributed by atoms with Crippen LogP contribution >= 0.6 is 11.3 Å². The Balaban J connectivity index is 1.70. The molecule has 0 spiro atoms. The van der Waals surface area contributed by atoms with Crippen molar-refractivity contribution in [2.24, 2.45) is 5.92 Å². The monoisotopic (exact) mass is 361 g/mol. The number of alkyl halides is 3. The highest BCUT2D eigenvalue weighted by molar-refractivity contribution is 7.22. The first kappa shape index (κ1) is 16.9. The van der Waals surface area contributed by atoms with Gasteiger partial charge >= 0.3 is 6.18 Å². The minimum atomic E-state index is -4.42. The first-order chi connectivity index (χ1) is 11.3. The van der Waals surface area contributed by atoms with E-state index in [1.165, 1.54) is 17.4 Å². The summed E-state index contributed by atoms with van der Waals surface area (Å²) < 4.78 is 51.1. The van der Waals surface area contributed by atoms with Crippen LogP contribution in [0.5, 0.6) is 0 Å². The van der Waals surface area contributed by atoms with Crippen LogP contribution in [-0.4, -0.2) is 36.7 Å². The smallest absolute Gasteiger partial charge is 0.347 e. The summed E-state index contributed by atoms with van der Waals surface area (Å²) in [5.74, 6) is -1.55. The molecule has 130 valence electrons. The van der Waals surface area contributed by atoms with Gasteiger partial charge < -0.3 is 10.2 Å². The largest absolute Gasteiger partial charge is 0.405 e. The number of rotatable bonds is 3. The number of fused-ring (bicyclic) bond motifs is 1. The summed E-state index contributed by atoms with van der Waals surface area (Å²) in [6.45, 7) is -0.399. The van der Waals surface area contributed by atoms with Gasteiger partial charge in [-0.3, -0.25) is 4.79 Å². The number of thiazole rings is 1. The number of benzene rings is 1. The molecule has 0 saturated carbocycles. The van der Waals surface area contributed by atoms with Gasteiger partial charge in [-0.15, -0.1) is 0 Å². The Morgan fingerprint density at radius 1 is 1.42 bits per heavy atom. The van der Waals surface area contributed by atoms with Gasteiger partial charge in [0.15, 0.2) is 5.13 Å². The van der Waals surface area contributed by atoms with Crippen LogP contribution in [0.4, 0.5) is 22.7 Å². The second-order valence-corrected chi connectivity index (χ2v) is 6.71. The van der Waals surface area contributed by atoms with E-state index in [2.05, 4.69) is 4.98 Å². The van der Waals surface area contributed by atoms with Crippen molar-refractivity contribution >= 4 is 32.6 Å². The Bertz CT molecular complexity index is 746. The molecule has 1 atom stereocenters. The van der Waals surface area contributed by atoms with Gasteiger partial charge in [-0.25, -0.2) is 9.37 Å². The number of carbonyl (C=O) groups is 1. The van der Waals surface area contributed by atoms with E-state index in [9.17, 15) is 22.4 Å².